The molecule has 2 aromatic rings. The van der Waals surface area contributed by atoms with Crippen molar-refractivity contribution < 1.29 is 4.92 Å². The molecule has 0 aliphatic carbocycles. The van der Waals surface area contributed by atoms with Crippen LogP contribution in [0, 0.1) is 28.4 Å². The molecule has 0 aromatic carbocycles. The number of nitrogens with zero attached hydrogens (tertiary/aromatic N) is 6. The van der Waals surface area contributed by atoms with Crippen molar-refractivity contribution in [2.24, 2.45) is 0 Å². The van der Waals surface area contributed by atoms with Crippen molar-refractivity contribution in [1.29, 1.82) is 5.26 Å². The van der Waals surface area contributed by atoms with E-state index in [2.05, 4.69) is 20.2 Å². The summed E-state index contributed by atoms with van der Waals surface area (Å²) in [5, 5.41) is 27.5. The molecule has 23 heavy (non-hydrogen) atoms. The lowest BCUT2D eigenvalue weighted by Crippen LogP contribution is -2.35. The molecular weight excluding hydrogens is 298 g/mol. The molecule has 1 N–H and O–H groups in total. The topological polar surface area (TPSA) is 125 Å². The molecule has 0 spiro atoms. The van der Waals surface area contributed by atoms with Crippen LogP contribution >= 0.6 is 0 Å². The summed E-state index contributed by atoms with van der Waals surface area (Å²) >= 11 is 0. The van der Waals surface area contributed by atoms with Crippen molar-refractivity contribution >= 4 is 11.5 Å². The number of piperidine rings is 1. The van der Waals surface area contributed by atoms with E-state index < -0.39 is 4.92 Å². The van der Waals surface area contributed by atoms with Crippen LogP contribution in [0.1, 0.15) is 36.0 Å². The van der Waals surface area contributed by atoms with Gasteiger partial charge in [0.1, 0.15) is 17.5 Å². The van der Waals surface area contributed by atoms with Gasteiger partial charge >= 0.3 is 5.69 Å². The predicted octanol–water partition coefficient (Wildman–Crippen LogP) is 1.67. The number of hydrogen-bond donors (Lipinski definition) is 1. The number of anilines is 1. The van der Waals surface area contributed by atoms with Crippen LogP contribution in [-0.2, 0) is 0 Å². The van der Waals surface area contributed by atoms with E-state index in [4.69, 9.17) is 5.26 Å². The maximum absolute atomic E-state index is 11.4. The summed E-state index contributed by atoms with van der Waals surface area (Å²) in [6.07, 6.45) is 3.20. The third-order valence-electron chi connectivity index (χ3n) is 3.91. The Morgan fingerprint density at radius 2 is 2.39 bits per heavy atom. The second-order valence-electron chi connectivity index (χ2n) is 5.46. The summed E-state index contributed by atoms with van der Waals surface area (Å²) in [5.74, 6) is 1.78. The highest BCUT2D eigenvalue weighted by atomic mass is 16.6. The summed E-state index contributed by atoms with van der Waals surface area (Å²) in [6.45, 7) is 3.03. The number of aromatic nitrogens is 4. The van der Waals surface area contributed by atoms with Gasteiger partial charge in [0.25, 0.3) is 0 Å². The molecule has 9 heteroatoms. The summed E-state index contributed by atoms with van der Waals surface area (Å²) in [5.41, 5.74) is -0.210. The number of nitrogens with one attached hydrogen (secondary N) is 1. The van der Waals surface area contributed by atoms with Crippen molar-refractivity contribution in [3.8, 4) is 6.07 Å². The Labute approximate surface area is 132 Å². The van der Waals surface area contributed by atoms with E-state index in [1.54, 1.807) is 0 Å². The van der Waals surface area contributed by atoms with E-state index in [0.717, 1.165) is 18.7 Å². The summed E-state index contributed by atoms with van der Waals surface area (Å²) < 4.78 is 0. The summed E-state index contributed by atoms with van der Waals surface area (Å²) in [6, 6.07) is 3.23. The Kier molecular flexibility index (Phi) is 3.89. The Hall–Kier alpha value is -3.02. The van der Waals surface area contributed by atoms with Crippen molar-refractivity contribution in [3.05, 3.63) is 39.6 Å². The third kappa shape index (κ3) is 2.83. The maximum Gasteiger partial charge on any atom is 0.329 e. The van der Waals surface area contributed by atoms with E-state index in [9.17, 15) is 10.1 Å². The molecular formula is C14H15N7O2. The van der Waals surface area contributed by atoms with Gasteiger partial charge in [0, 0.05) is 25.2 Å². The molecule has 0 radical (unpaired) electrons. The van der Waals surface area contributed by atoms with E-state index in [0.29, 0.717) is 18.9 Å². The number of aromatic amines is 1. The zero-order valence-corrected chi connectivity index (χ0v) is 12.6. The lowest BCUT2D eigenvalue weighted by atomic mass is 9.97. The quantitative estimate of drug-likeness (QED) is 0.674. The Balaban J connectivity index is 1.93. The minimum Gasteiger partial charge on any atom is -0.350 e. The monoisotopic (exact) mass is 313 g/mol. The van der Waals surface area contributed by atoms with Gasteiger partial charge in [-0.2, -0.15) is 10.4 Å². The molecule has 1 aliphatic rings. The van der Waals surface area contributed by atoms with Crippen LogP contribution in [0.2, 0.25) is 0 Å². The Morgan fingerprint density at radius 3 is 3.04 bits per heavy atom. The molecule has 0 bridgehead atoms. The Bertz CT molecular complexity index is 780. The molecule has 1 aliphatic heterocycles. The standard InChI is InChI=1S/C14H15N7O2/c1-9-17-13(19-18-9)11-3-2-6-20(8-11)14-12(21(22)23)10(7-15)4-5-16-14/h4-5,11H,2-3,6,8H2,1H3,(H,17,18,19). The number of rotatable bonds is 3. The molecule has 1 fully saturated rings. The van der Waals surface area contributed by atoms with Gasteiger partial charge in [-0.15, -0.1) is 0 Å². The first-order valence-corrected chi connectivity index (χ1v) is 7.27. The number of nitro groups is 1. The molecule has 1 unspecified atom stereocenters. The average molecular weight is 313 g/mol. The highest BCUT2D eigenvalue weighted by molar-refractivity contribution is 5.65. The van der Waals surface area contributed by atoms with Crippen LogP contribution in [0.4, 0.5) is 11.5 Å². The molecule has 0 amide bonds. The fourth-order valence-corrected chi connectivity index (χ4v) is 2.87. The van der Waals surface area contributed by atoms with Gasteiger partial charge in [0.2, 0.25) is 5.82 Å². The van der Waals surface area contributed by atoms with Gasteiger partial charge in [-0.25, -0.2) is 9.97 Å². The summed E-state index contributed by atoms with van der Waals surface area (Å²) in [7, 11) is 0. The lowest BCUT2D eigenvalue weighted by Gasteiger charge is -2.31. The van der Waals surface area contributed by atoms with Gasteiger partial charge < -0.3 is 4.90 Å². The number of pyridine rings is 1. The molecule has 1 atom stereocenters. The molecule has 2 aromatic heterocycles. The van der Waals surface area contributed by atoms with E-state index in [-0.39, 0.29) is 23.0 Å². The summed E-state index contributed by atoms with van der Waals surface area (Å²) in [4.78, 5) is 21.2. The fourth-order valence-electron chi connectivity index (χ4n) is 2.87. The second kappa shape index (κ2) is 6.00. The first-order valence-electron chi connectivity index (χ1n) is 7.27. The van der Waals surface area contributed by atoms with E-state index in [1.807, 2.05) is 17.9 Å². The highest BCUT2D eigenvalue weighted by Gasteiger charge is 2.31. The van der Waals surface area contributed by atoms with Crippen molar-refractivity contribution in [2.75, 3.05) is 18.0 Å². The smallest absolute Gasteiger partial charge is 0.329 e. The van der Waals surface area contributed by atoms with E-state index >= 15 is 0 Å². The number of hydrogen-bond acceptors (Lipinski definition) is 7. The molecule has 3 rings (SSSR count). The molecule has 118 valence electrons. The minimum atomic E-state index is -0.540. The zero-order chi connectivity index (χ0) is 16.4. The largest absolute Gasteiger partial charge is 0.350 e. The number of aryl methyl sites for hydroxylation is 1. The van der Waals surface area contributed by atoms with Gasteiger partial charge in [0.15, 0.2) is 5.82 Å². The average Bonchev–Trinajstić information content (AvgIpc) is 3.00. The predicted molar refractivity (Wildman–Crippen MR) is 80.9 cm³/mol. The molecule has 1 saturated heterocycles. The zero-order valence-electron chi connectivity index (χ0n) is 12.6. The van der Waals surface area contributed by atoms with Crippen molar-refractivity contribution in [3.63, 3.8) is 0 Å². The second-order valence-corrected chi connectivity index (χ2v) is 5.46. The van der Waals surface area contributed by atoms with Crippen LogP contribution in [0.3, 0.4) is 0 Å². The van der Waals surface area contributed by atoms with Crippen LogP contribution in [0.5, 0.6) is 0 Å². The molecule has 9 nitrogen and oxygen atoms in total. The van der Waals surface area contributed by atoms with E-state index in [1.165, 1.54) is 12.3 Å². The van der Waals surface area contributed by atoms with Crippen LogP contribution in [-0.4, -0.2) is 38.2 Å². The first-order chi connectivity index (χ1) is 11.1. The van der Waals surface area contributed by atoms with Gasteiger partial charge in [-0.1, -0.05) is 0 Å². The fraction of sp³-hybridized carbons (Fsp3) is 0.429. The first kappa shape index (κ1) is 14.9. The minimum absolute atomic E-state index is 0.0239. The van der Waals surface area contributed by atoms with Crippen molar-refractivity contribution in [1.82, 2.24) is 20.2 Å². The maximum atomic E-state index is 11.4. The van der Waals surface area contributed by atoms with Gasteiger partial charge in [-0.05, 0) is 25.8 Å². The number of H-pyrrole nitrogens is 1. The number of nitriles is 1. The Morgan fingerprint density at radius 1 is 1.57 bits per heavy atom. The molecule has 3 heterocycles. The highest BCUT2D eigenvalue weighted by Crippen LogP contribution is 2.34. The SMILES string of the molecule is Cc1nc(C2CCCN(c3nccc(C#N)c3[N+](=O)[O-])C2)n[nH]1. The van der Waals surface area contributed by atoms with Crippen LogP contribution < -0.4 is 4.90 Å². The third-order valence-corrected chi connectivity index (χ3v) is 3.91. The normalized spacial score (nSPS) is 17.7. The molecule has 0 saturated carbocycles. The van der Waals surface area contributed by atoms with Gasteiger partial charge in [-0.3, -0.25) is 15.2 Å². The van der Waals surface area contributed by atoms with Crippen LogP contribution in [0.25, 0.3) is 0 Å². The van der Waals surface area contributed by atoms with Crippen LogP contribution in [0.15, 0.2) is 12.3 Å². The lowest BCUT2D eigenvalue weighted by molar-refractivity contribution is -0.384. The van der Waals surface area contributed by atoms with Crippen molar-refractivity contribution in [2.45, 2.75) is 25.7 Å². The van der Waals surface area contributed by atoms with Gasteiger partial charge in [0.05, 0.1) is 4.92 Å².